The molecule has 2 aromatic carbocycles. The summed E-state index contributed by atoms with van der Waals surface area (Å²) in [6, 6.07) is 8.67. The minimum Gasteiger partial charge on any atom is -0.454 e. The average Bonchev–Trinajstić information content (AvgIpc) is 2.35. The number of hydrogen-bond donors (Lipinski definition) is 1. The molecular formula is C14H11BrF2O2. The third kappa shape index (κ3) is 3.11. The van der Waals surface area contributed by atoms with E-state index in [-0.39, 0.29) is 11.5 Å². The minimum absolute atomic E-state index is 0.222. The highest BCUT2D eigenvalue weighted by atomic mass is 79.9. The molecule has 0 amide bonds. The molecule has 100 valence electrons. The second-order valence-corrected chi connectivity index (χ2v) is 4.93. The van der Waals surface area contributed by atoms with Gasteiger partial charge in [0.1, 0.15) is 5.75 Å². The van der Waals surface area contributed by atoms with Gasteiger partial charge in [-0.15, -0.1) is 0 Å². The van der Waals surface area contributed by atoms with Gasteiger partial charge in [-0.05, 0) is 31.2 Å². The summed E-state index contributed by atoms with van der Waals surface area (Å²) in [7, 11) is 0. The molecule has 0 aromatic heterocycles. The van der Waals surface area contributed by atoms with Gasteiger partial charge in [0.25, 0.3) is 0 Å². The number of aliphatic hydroxyl groups is 1. The van der Waals surface area contributed by atoms with E-state index in [9.17, 15) is 13.9 Å². The van der Waals surface area contributed by atoms with Crippen LogP contribution in [0.2, 0.25) is 0 Å². The lowest BCUT2D eigenvalue weighted by molar-refractivity contribution is 0.195. The molecule has 0 aliphatic heterocycles. The summed E-state index contributed by atoms with van der Waals surface area (Å²) in [5, 5.41) is 9.63. The highest BCUT2D eigenvalue weighted by Crippen LogP contribution is 2.33. The van der Waals surface area contributed by atoms with Gasteiger partial charge in [0.15, 0.2) is 11.6 Å². The van der Waals surface area contributed by atoms with Crippen molar-refractivity contribution in [2.75, 3.05) is 0 Å². The van der Waals surface area contributed by atoms with E-state index in [1.165, 1.54) is 12.1 Å². The van der Waals surface area contributed by atoms with Crippen LogP contribution >= 0.6 is 15.9 Å². The predicted octanol–water partition coefficient (Wildman–Crippen LogP) is 4.57. The monoisotopic (exact) mass is 328 g/mol. The Morgan fingerprint density at radius 3 is 2.58 bits per heavy atom. The zero-order chi connectivity index (χ0) is 14.0. The molecule has 5 heteroatoms. The number of halogens is 3. The van der Waals surface area contributed by atoms with Crippen LogP contribution in [0.5, 0.6) is 11.5 Å². The van der Waals surface area contributed by atoms with Crippen molar-refractivity contribution in [3.8, 4) is 11.5 Å². The van der Waals surface area contributed by atoms with Crippen LogP contribution in [0.1, 0.15) is 18.6 Å². The van der Waals surface area contributed by atoms with Crippen molar-refractivity contribution in [1.29, 1.82) is 0 Å². The highest BCUT2D eigenvalue weighted by Gasteiger charge is 2.14. The van der Waals surface area contributed by atoms with Crippen molar-refractivity contribution in [3.05, 3.63) is 58.1 Å². The fourth-order valence-corrected chi connectivity index (χ4v) is 1.96. The topological polar surface area (TPSA) is 29.5 Å². The van der Waals surface area contributed by atoms with Crippen molar-refractivity contribution in [3.63, 3.8) is 0 Å². The van der Waals surface area contributed by atoms with Gasteiger partial charge in [0.05, 0.1) is 6.10 Å². The fraction of sp³-hybridized carbons (Fsp3) is 0.143. The van der Waals surface area contributed by atoms with Crippen LogP contribution in [0.15, 0.2) is 40.9 Å². The second kappa shape index (κ2) is 5.67. The molecule has 0 spiro atoms. The third-order valence-electron chi connectivity index (χ3n) is 2.56. The van der Waals surface area contributed by atoms with Gasteiger partial charge in [0.2, 0.25) is 5.82 Å². The summed E-state index contributed by atoms with van der Waals surface area (Å²) < 4.78 is 32.7. The normalized spacial score (nSPS) is 12.3. The largest absolute Gasteiger partial charge is 0.454 e. The number of hydrogen-bond acceptors (Lipinski definition) is 2. The Balaban J connectivity index is 2.42. The van der Waals surface area contributed by atoms with E-state index in [4.69, 9.17) is 4.74 Å². The van der Waals surface area contributed by atoms with Crippen molar-refractivity contribution < 1.29 is 18.6 Å². The SMILES string of the molecule is CC(O)c1ccc(Br)cc1Oc1cccc(F)c1F. The van der Waals surface area contributed by atoms with Crippen molar-refractivity contribution in [1.82, 2.24) is 0 Å². The van der Waals surface area contributed by atoms with Crippen LogP contribution in [-0.4, -0.2) is 5.11 Å². The van der Waals surface area contributed by atoms with Crippen LogP contribution in [0.3, 0.4) is 0 Å². The smallest absolute Gasteiger partial charge is 0.201 e. The Morgan fingerprint density at radius 1 is 1.16 bits per heavy atom. The summed E-state index contributed by atoms with van der Waals surface area (Å²) in [6.07, 6.45) is -0.778. The lowest BCUT2D eigenvalue weighted by Crippen LogP contribution is -1.98. The van der Waals surface area contributed by atoms with E-state index in [0.717, 1.165) is 6.07 Å². The van der Waals surface area contributed by atoms with E-state index in [1.54, 1.807) is 25.1 Å². The quantitative estimate of drug-likeness (QED) is 0.894. The number of benzene rings is 2. The molecule has 19 heavy (non-hydrogen) atoms. The lowest BCUT2D eigenvalue weighted by atomic mass is 10.1. The van der Waals surface area contributed by atoms with Gasteiger partial charge < -0.3 is 9.84 Å². The second-order valence-electron chi connectivity index (χ2n) is 4.01. The molecule has 0 radical (unpaired) electrons. The van der Waals surface area contributed by atoms with Crippen LogP contribution in [-0.2, 0) is 0 Å². The number of aliphatic hydroxyl groups excluding tert-OH is 1. The number of ether oxygens (including phenoxy) is 1. The molecule has 1 atom stereocenters. The van der Waals surface area contributed by atoms with Crippen LogP contribution in [0.4, 0.5) is 8.78 Å². The molecule has 0 bridgehead atoms. The summed E-state index contributed by atoms with van der Waals surface area (Å²) in [6.45, 7) is 1.57. The fourth-order valence-electron chi connectivity index (χ4n) is 1.62. The maximum atomic E-state index is 13.5. The Labute approximate surface area is 117 Å². The van der Waals surface area contributed by atoms with E-state index in [1.807, 2.05) is 0 Å². The summed E-state index contributed by atoms with van der Waals surface area (Å²) in [5.41, 5.74) is 0.492. The summed E-state index contributed by atoms with van der Waals surface area (Å²) >= 11 is 3.26. The van der Waals surface area contributed by atoms with Gasteiger partial charge in [0, 0.05) is 10.0 Å². The van der Waals surface area contributed by atoms with E-state index >= 15 is 0 Å². The molecule has 0 saturated heterocycles. The standard InChI is InChI=1S/C14H11BrF2O2/c1-8(18)10-6-5-9(15)7-13(10)19-12-4-2-3-11(16)14(12)17/h2-8,18H,1H3. The minimum atomic E-state index is -1.06. The Bertz CT molecular complexity index is 600. The highest BCUT2D eigenvalue weighted by molar-refractivity contribution is 9.10. The van der Waals surface area contributed by atoms with Gasteiger partial charge in [-0.2, -0.15) is 4.39 Å². The van der Waals surface area contributed by atoms with Crippen molar-refractivity contribution in [2.45, 2.75) is 13.0 Å². The predicted molar refractivity (Wildman–Crippen MR) is 71.2 cm³/mol. The van der Waals surface area contributed by atoms with Crippen LogP contribution in [0, 0.1) is 11.6 Å². The average molecular weight is 329 g/mol. The zero-order valence-electron chi connectivity index (χ0n) is 10.0. The molecule has 2 rings (SSSR count). The van der Waals surface area contributed by atoms with E-state index < -0.39 is 17.7 Å². The molecule has 0 aliphatic rings. The maximum Gasteiger partial charge on any atom is 0.201 e. The molecular weight excluding hydrogens is 318 g/mol. The molecule has 1 unspecified atom stereocenters. The molecule has 0 fully saturated rings. The van der Waals surface area contributed by atoms with E-state index in [0.29, 0.717) is 10.0 Å². The molecule has 2 aromatic rings. The maximum absolute atomic E-state index is 13.5. The Kier molecular flexibility index (Phi) is 4.17. The van der Waals surface area contributed by atoms with Gasteiger partial charge in [-0.1, -0.05) is 28.1 Å². The Hall–Kier alpha value is -1.46. The molecule has 2 nitrogen and oxygen atoms in total. The molecule has 0 heterocycles. The first kappa shape index (κ1) is 14.0. The van der Waals surface area contributed by atoms with E-state index in [2.05, 4.69) is 15.9 Å². The third-order valence-corrected chi connectivity index (χ3v) is 3.06. The van der Waals surface area contributed by atoms with Crippen LogP contribution < -0.4 is 4.74 Å². The first-order valence-electron chi connectivity index (χ1n) is 5.58. The summed E-state index contributed by atoms with van der Waals surface area (Å²) in [5.74, 6) is -1.99. The number of rotatable bonds is 3. The van der Waals surface area contributed by atoms with Gasteiger partial charge in [-0.25, -0.2) is 4.39 Å². The molecule has 0 saturated carbocycles. The van der Waals surface area contributed by atoms with Gasteiger partial charge in [-0.3, -0.25) is 0 Å². The Morgan fingerprint density at radius 2 is 1.89 bits per heavy atom. The van der Waals surface area contributed by atoms with Crippen molar-refractivity contribution in [2.24, 2.45) is 0 Å². The molecule has 1 N–H and O–H groups in total. The first-order valence-corrected chi connectivity index (χ1v) is 6.37. The molecule has 0 aliphatic carbocycles. The van der Waals surface area contributed by atoms with Crippen LogP contribution in [0.25, 0.3) is 0 Å². The summed E-state index contributed by atoms with van der Waals surface area (Å²) in [4.78, 5) is 0. The first-order chi connectivity index (χ1) is 8.99. The zero-order valence-corrected chi connectivity index (χ0v) is 11.6. The van der Waals surface area contributed by atoms with Gasteiger partial charge >= 0.3 is 0 Å². The van der Waals surface area contributed by atoms with Crippen molar-refractivity contribution >= 4 is 15.9 Å². The lowest BCUT2D eigenvalue weighted by Gasteiger charge is -2.14.